The largest absolute Gasteiger partial charge is 0.478 e. The van der Waals surface area contributed by atoms with E-state index in [9.17, 15) is 18.4 Å². The van der Waals surface area contributed by atoms with Gasteiger partial charge in [0.2, 0.25) is 0 Å². The molecule has 86 valence electrons. The molecule has 1 rings (SSSR count). The number of anilines is 1. The Labute approximate surface area is 97.4 Å². The average Bonchev–Trinajstić information content (AvgIpc) is 2.20. The van der Waals surface area contributed by atoms with Crippen LogP contribution in [0.25, 0.3) is 0 Å². The fraction of sp³-hybridized carbons (Fsp3) is 0.111. The molecule has 0 saturated heterocycles. The summed E-state index contributed by atoms with van der Waals surface area (Å²) in [6, 6.07) is 3.76. The van der Waals surface area contributed by atoms with Crippen molar-refractivity contribution in [3.63, 3.8) is 0 Å². The van der Waals surface area contributed by atoms with Crippen molar-refractivity contribution in [3.8, 4) is 0 Å². The maximum atomic E-state index is 11.9. The predicted molar refractivity (Wildman–Crippen MR) is 55.7 cm³/mol. The van der Waals surface area contributed by atoms with Crippen molar-refractivity contribution in [2.24, 2.45) is 0 Å². The highest BCUT2D eigenvalue weighted by molar-refractivity contribution is 9.10. The Bertz CT molecular complexity index is 437. The van der Waals surface area contributed by atoms with Crippen LogP contribution in [0.2, 0.25) is 0 Å². The topological polar surface area (TPSA) is 66.4 Å². The van der Waals surface area contributed by atoms with Gasteiger partial charge >= 0.3 is 12.4 Å². The number of carbonyl (C=O) groups excluding carboxylic acids is 1. The molecule has 0 spiro atoms. The molecule has 0 unspecified atom stereocenters. The minimum atomic E-state index is -3.14. The fourth-order valence-corrected chi connectivity index (χ4v) is 1.38. The van der Waals surface area contributed by atoms with Gasteiger partial charge in [0.05, 0.1) is 5.56 Å². The average molecular weight is 294 g/mol. The number of benzene rings is 1. The summed E-state index contributed by atoms with van der Waals surface area (Å²) in [5.41, 5.74) is -0.113. The van der Waals surface area contributed by atoms with Crippen LogP contribution in [-0.4, -0.2) is 23.4 Å². The highest BCUT2D eigenvalue weighted by Gasteiger charge is 2.16. The lowest BCUT2D eigenvalue weighted by molar-refractivity contribution is -0.126. The number of halogens is 3. The van der Waals surface area contributed by atoms with E-state index in [4.69, 9.17) is 5.11 Å². The fourth-order valence-electron chi connectivity index (χ4n) is 0.964. The Morgan fingerprint density at radius 3 is 2.50 bits per heavy atom. The Kier molecular flexibility index (Phi) is 3.94. The van der Waals surface area contributed by atoms with Crippen molar-refractivity contribution in [2.75, 3.05) is 5.32 Å². The number of carboxylic acids is 1. The van der Waals surface area contributed by atoms with Gasteiger partial charge in [-0.25, -0.2) is 4.79 Å². The first-order valence-corrected chi connectivity index (χ1v) is 4.83. The number of alkyl halides is 2. The maximum Gasteiger partial charge on any atom is 0.336 e. The maximum absolute atomic E-state index is 11.9. The lowest BCUT2D eigenvalue weighted by atomic mass is 10.2. The van der Waals surface area contributed by atoms with Crippen LogP contribution < -0.4 is 5.32 Å². The van der Waals surface area contributed by atoms with E-state index in [0.717, 1.165) is 6.07 Å². The quantitative estimate of drug-likeness (QED) is 0.899. The van der Waals surface area contributed by atoms with E-state index in [0.29, 0.717) is 4.47 Å². The molecule has 1 amide bonds. The lowest BCUT2D eigenvalue weighted by Crippen LogP contribution is -2.20. The van der Waals surface area contributed by atoms with Crippen molar-refractivity contribution in [2.45, 2.75) is 6.43 Å². The van der Waals surface area contributed by atoms with E-state index in [1.165, 1.54) is 12.1 Å². The number of amides is 1. The number of carboxylic acid groups (broad SMARTS) is 1. The van der Waals surface area contributed by atoms with Crippen molar-refractivity contribution >= 4 is 33.5 Å². The zero-order valence-electron chi connectivity index (χ0n) is 7.71. The molecule has 0 aliphatic carbocycles. The third-order valence-corrected chi connectivity index (χ3v) is 2.35. The van der Waals surface area contributed by atoms with Crippen molar-refractivity contribution < 1.29 is 23.5 Å². The van der Waals surface area contributed by atoms with Crippen LogP contribution in [0.5, 0.6) is 0 Å². The Morgan fingerprint density at radius 1 is 1.38 bits per heavy atom. The zero-order valence-corrected chi connectivity index (χ0v) is 9.29. The Morgan fingerprint density at radius 2 is 2.00 bits per heavy atom. The molecule has 2 N–H and O–H groups in total. The summed E-state index contributed by atoms with van der Waals surface area (Å²) in [5.74, 6) is -2.70. The number of hydrogen-bond acceptors (Lipinski definition) is 2. The van der Waals surface area contributed by atoms with Crippen LogP contribution in [0.4, 0.5) is 14.5 Å². The molecule has 0 saturated carbocycles. The van der Waals surface area contributed by atoms with Gasteiger partial charge in [0.1, 0.15) is 0 Å². The molecule has 7 heteroatoms. The van der Waals surface area contributed by atoms with Gasteiger partial charge in [0.25, 0.3) is 5.91 Å². The lowest BCUT2D eigenvalue weighted by Gasteiger charge is -2.06. The first-order chi connectivity index (χ1) is 7.41. The third-order valence-electron chi connectivity index (χ3n) is 1.66. The van der Waals surface area contributed by atoms with Gasteiger partial charge in [-0.15, -0.1) is 0 Å². The van der Waals surface area contributed by atoms with Crippen LogP contribution in [-0.2, 0) is 4.79 Å². The number of hydrogen-bond donors (Lipinski definition) is 2. The molecule has 0 atom stereocenters. The SMILES string of the molecule is O=C(O)c1cc(NC(=O)C(F)F)ccc1Br. The summed E-state index contributed by atoms with van der Waals surface area (Å²) >= 11 is 2.98. The molecule has 4 nitrogen and oxygen atoms in total. The van der Waals surface area contributed by atoms with Gasteiger partial charge in [-0.3, -0.25) is 4.79 Å². The van der Waals surface area contributed by atoms with E-state index < -0.39 is 18.3 Å². The van der Waals surface area contributed by atoms with E-state index in [1.54, 1.807) is 0 Å². The van der Waals surface area contributed by atoms with Crippen molar-refractivity contribution in [3.05, 3.63) is 28.2 Å². The molecule has 16 heavy (non-hydrogen) atoms. The predicted octanol–water partition coefficient (Wildman–Crippen LogP) is 2.35. The number of carbonyl (C=O) groups is 2. The molecule has 0 aliphatic heterocycles. The number of aromatic carboxylic acids is 1. The molecule has 0 aliphatic rings. The summed E-state index contributed by atoms with van der Waals surface area (Å²) < 4.78 is 24.1. The second-order valence-corrected chi connectivity index (χ2v) is 3.64. The van der Waals surface area contributed by atoms with Gasteiger partial charge in [-0.2, -0.15) is 8.78 Å². The second kappa shape index (κ2) is 5.02. The van der Waals surface area contributed by atoms with Gasteiger partial charge < -0.3 is 10.4 Å². The monoisotopic (exact) mass is 293 g/mol. The second-order valence-electron chi connectivity index (χ2n) is 2.79. The normalized spacial score (nSPS) is 10.2. The Balaban J connectivity index is 2.95. The molecule has 1 aromatic carbocycles. The number of rotatable bonds is 3. The minimum absolute atomic E-state index is 0.00546. The summed E-state index contributed by atoms with van der Waals surface area (Å²) in [5, 5.41) is 10.6. The van der Waals surface area contributed by atoms with Gasteiger partial charge in [-0.1, -0.05) is 0 Å². The highest BCUT2D eigenvalue weighted by atomic mass is 79.9. The van der Waals surface area contributed by atoms with E-state index >= 15 is 0 Å². The minimum Gasteiger partial charge on any atom is -0.478 e. The first kappa shape index (κ1) is 12.6. The van der Waals surface area contributed by atoms with Gasteiger partial charge in [-0.05, 0) is 34.1 Å². The van der Waals surface area contributed by atoms with E-state index in [2.05, 4.69) is 15.9 Å². The summed E-state index contributed by atoms with van der Waals surface area (Å²) in [6.45, 7) is 0. The van der Waals surface area contributed by atoms with Crippen LogP contribution in [0.3, 0.4) is 0 Å². The first-order valence-electron chi connectivity index (χ1n) is 4.03. The van der Waals surface area contributed by atoms with E-state index in [1.807, 2.05) is 5.32 Å². The molecule has 0 bridgehead atoms. The summed E-state index contributed by atoms with van der Waals surface area (Å²) in [7, 11) is 0. The third kappa shape index (κ3) is 2.99. The number of nitrogens with one attached hydrogen (secondary N) is 1. The van der Waals surface area contributed by atoms with Crippen LogP contribution in [0.1, 0.15) is 10.4 Å². The standard InChI is InChI=1S/C9H6BrF2NO3/c10-6-2-1-4(3-5(6)9(15)16)13-8(14)7(11)12/h1-3,7H,(H,13,14)(H,15,16). The van der Waals surface area contributed by atoms with E-state index in [-0.39, 0.29) is 11.3 Å². The van der Waals surface area contributed by atoms with Crippen molar-refractivity contribution in [1.82, 2.24) is 0 Å². The summed E-state index contributed by atoms with van der Waals surface area (Å²) in [4.78, 5) is 21.4. The molecule has 0 fully saturated rings. The van der Waals surface area contributed by atoms with Crippen LogP contribution in [0.15, 0.2) is 22.7 Å². The molecule has 0 aromatic heterocycles. The van der Waals surface area contributed by atoms with Gasteiger partial charge in [0.15, 0.2) is 0 Å². The summed E-state index contributed by atoms with van der Waals surface area (Å²) in [6.07, 6.45) is -3.14. The zero-order chi connectivity index (χ0) is 12.3. The highest BCUT2D eigenvalue weighted by Crippen LogP contribution is 2.21. The van der Waals surface area contributed by atoms with Crippen molar-refractivity contribution in [1.29, 1.82) is 0 Å². The molecular weight excluding hydrogens is 288 g/mol. The molecule has 0 heterocycles. The molecule has 0 radical (unpaired) electrons. The molecule has 1 aromatic rings. The molecular formula is C9H6BrF2NO3. The van der Waals surface area contributed by atoms with Crippen LogP contribution in [0, 0.1) is 0 Å². The van der Waals surface area contributed by atoms with Crippen LogP contribution >= 0.6 is 15.9 Å². The van der Waals surface area contributed by atoms with Gasteiger partial charge in [0, 0.05) is 10.2 Å². The Hall–Kier alpha value is -1.50. The smallest absolute Gasteiger partial charge is 0.336 e.